The highest BCUT2D eigenvalue weighted by molar-refractivity contribution is 5.10. The molecule has 0 fully saturated rings. The molecular formula is C10H14O. The van der Waals surface area contributed by atoms with E-state index >= 15 is 0 Å². The van der Waals surface area contributed by atoms with Crippen LogP contribution in [0.1, 0.15) is 32.6 Å². The van der Waals surface area contributed by atoms with Crippen molar-refractivity contribution in [1.29, 1.82) is 0 Å². The standard InChI is InChI=1S/C10H14O/c1-3-6-10(11)7-4-9(2)5-8-10/h1,4,11H,5-8H2,2H3. The van der Waals surface area contributed by atoms with Crippen molar-refractivity contribution in [3.63, 3.8) is 0 Å². The lowest BCUT2D eigenvalue weighted by Gasteiger charge is -2.28. The van der Waals surface area contributed by atoms with E-state index in [0.29, 0.717) is 6.42 Å². The zero-order chi connectivity index (χ0) is 8.32. The summed E-state index contributed by atoms with van der Waals surface area (Å²) in [5, 5.41) is 9.80. The van der Waals surface area contributed by atoms with Crippen molar-refractivity contribution in [3.05, 3.63) is 11.6 Å². The molecule has 60 valence electrons. The van der Waals surface area contributed by atoms with Gasteiger partial charge in [0, 0.05) is 6.42 Å². The summed E-state index contributed by atoms with van der Waals surface area (Å²) < 4.78 is 0. The van der Waals surface area contributed by atoms with E-state index in [9.17, 15) is 5.11 Å². The first-order valence-electron chi connectivity index (χ1n) is 3.98. The van der Waals surface area contributed by atoms with E-state index in [1.807, 2.05) is 0 Å². The first kappa shape index (κ1) is 8.36. The van der Waals surface area contributed by atoms with Crippen LogP contribution in [0.4, 0.5) is 0 Å². The average molecular weight is 150 g/mol. The molecule has 1 rings (SSSR count). The summed E-state index contributed by atoms with van der Waals surface area (Å²) in [4.78, 5) is 0. The molecule has 1 nitrogen and oxygen atoms in total. The molecule has 0 radical (unpaired) electrons. The molecule has 11 heavy (non-hydrogen) atoms. The van der Waals surface area contributed by atoms with E-state index in [0.717, 1.165) is 19.3 Å². The van der Waals surface area contributed by atoms with Crippen LogP contribution in [0.15, 0.2) is 11.6 Å². The third kappa shape index (κ3) is 2.10. The minimum Gasteiger partial charge on any atom is -0.389 e. The minimum absolute atomic E-state index is 0.483. The molecule has 1 heteroatoms. The van der Waals surface area contributed by atoms with Gasteiger partial charge < -0.3 is 5.11 Å². The van der Waals surface area contributed by atoms with Crippen LogP contribution in [0.3, 0.4) is 0 Å². The normalized spacial score (nSPS) is 30.8. The first-order chi connectivity index (χ1) is 5.16. The van der Waals surface area contributed by atoms with Crippen LogP contribution in [-0.2, 0) is 0 Å². The van der Waals surface area contributed by atoms with Gasteiger partial charge in [-0.2, -0.15) is 0 Å². The first-order valence-corrected chi connectivity index (χ1v) is 3.98. The molecule has 1 aliphatic carbocycles. The summed E-state index contributed by atoms with van der Waals surface area (Å²) in [5.74, 6) is 2.51. The van der Waals surface area contributed by atoms with E-state index < -0.39 is 5.60 Å². The van der Waals surface area contributed by atoms with Gasteiger partial charge in [0.2, 0.25) is 0 Å². The van der Waals surface area contributed by atoms with Gasteiger partial charge in [-0.1, -0.05) is 11.6 Å². The van der Waals surface area contributed by atoms with Crippen LogP contribution in [0.2, 0.25) is 0 Å². The fourth-order valence-corrected chi connectivity index (χ4v) is 1.35. The highest BCUT2D eigenvalue weighted by Crippen LogP contribution is 2.29. The SMILES string of the molecule is C#CCC1(O)CC=C(C)CC1. The van der Waals surface area contributed by atoms with Gasteiger partial charge in [0.1, 0.15) is 0 Å². The predicted octanol–water partition coefficient (Wildman–Crippen LogP) is 1.87. The molecule has 1 N–H and O–H groups in total. The van der Waals surface area contributed by atoms with Crippen LogP contribution in [0.25, 0.3) is 0 Å². The summed E-state index contributed by atoms with van der Waals surface area (Å²) in [6, 6.07) is 0. The zero-order valence-corrected chi connectivity index (χ0v) is 6.93. The third-order valence-electron chi connectivity index (χ3n) is 2.25. The maximum Gasteiger partial charge on any atom is 0.0793 e. The number of hydrogen-bond donors (Lipinski definition) is 1. The molecule has 0 heterocycles. The van der Waals surface area contributed by atoms with Crippen LogP contribution in [0, 0.1) is 12.3 Å². The summed E-state index contributed by atoms with van der Waals surface area (Å²) in [6.07, 6.45) is 10.2. The second-order valence-corrected chi connectivity index (χ2v) is 3.36. The Bertz CT molecular complexity index is 209. The van der Waals surface area contributed by atoms with Crippen LogP contribution >= 0.6 is 0 Å². The monoisotopic (exact) mass is 150 g/mol. The molecule has 1 unspecified atom stereocenters. The van der Waals surface area contributed by atoms with Gasteiger partial charge in [0.25, 0.3) is 0 Å². The maximum atomic E-state index is 9.80. The Morgan fingerprint density at radius 3 is 3.00 bits per heavy atom. The second kappa shape index (κ2) is 3.11. The lowest BCUT2D eigenvalue weighted by Crippen LogP contribution is -2.29. The number of aliphatic hydroxyl groups is 1. The Hall–Kier alpha value is -0.740. The van der Waals surface area contributed by atoms with Gasteiger partial charge in [-0.15, -0.1) is 12.3 Å². The lowest BCUT2D eigenvalue weighted by atomic mass is 9.84. The van der Waals surface area contributed by atoms with E-state index in [2.05, 4.69) is 18.9 Å². The smallest absolute Gasteiger partial charge is 0.0793 e. The topological polar surface area (TPSA) is 20.2 Å². The largest absolute Gasteiger partial charge is 0.389 e. The van der Waals surface area contributed by atoms with Crippen molar-refractivity contribution in [2.45, 2.75) is 38.2 Å². The average Bonchev–Trinajstić information content (AvgIpc) is 1.97. The summed E-state index contributed by atoms with van der Waals surface area (Å²) in [7, 11) is 0. The highest BCUT2D eigenvalue weighted by Gasteiger charge is 2.26. The van der Waals surface area contributed by atoms with Gasteiger partial charge in [-0.25, -0.2) is 0 Å². The molecule has 0 aliphatic heterocycles. The maximum absolute atomic E-state index is 9.80. The van der Waals surface area contributed by atoms with Crippen LogP contribution in [0.5, 0.6) is 0 Å². The molecule has 0 aromatic rings. The van der Waals surface area contributed by atoms with Gasteiger partial charge in [0.05, 0.1) is 5.60 Å². The van der Waals surface area contributed by atoms with Crippen molar-refractivity contribution in [2.75, 3.05) is 0 Å². The predicted molar refractivity (Wildman–Crippen MR) is 46.0 cm³/mol. The number of terminal acetylenes is 1. The van der Waals surface area contributed by atoms with Crippen LogP contribution < -0.4 is 0 Å². The molecule has 0 amide bonds. The quantitative estimate of drug-likeness (QED) is 0.447. The van der Waals surface area contributed by atoms with Gasteiger partial charge in [-0.3, -0.25) is 0 Å². The van der Waals surface area contributed by atoms with E-state index in [1.165, 1.54) is 5.57 Å². The Balaban J connectivity index is 2.58. The molecule has 0 aromatic heterocycles. The van der Waals surface area contributed by atoms with Gasteiger partial charge in [-0.05, 0) is 26.2 Å². The molecule has 0 saturated carbocycles. The second-order valence-electron chi connectivity index (χ2n) is 3.36. The molecule has 1 atom stereocenters. The molecule has 0 saturated heterocycles. The number of rotatable bonds is 1. The van der Waals surface area contributed by atoms with Gasteiger partial charge >= 0.3 is 0 Å². The number of allylic oxidation sites excluding steroid dienone is 1. The Morgan fingerprint density at radius 2 is 2.55 bits per heavy atom. The minimum atomic E-state index is -0.603. The fourth-order valence-electron chi connectivity index (χ4n) is 1.35. The number of hydrogen-bond acceptors (Lipinski definition) is 1. The molecule has 0 spiro atoms. The highest BCUT2D eigenvalue weighted by atomic mass is 16.3. The van der Waals surface area contributed by atoms with Crippen molar-refractivity contribution in [3.8, 4) is 12.3 Å². The van der Waals surface area contributed by atoms with Gasteiger partial charge in [0.15, 0.2) is 0 Å². The Labute approximate surface area is 68.1 Å². The molecular weight excluding hydrogens is 136 g/mol. The third-order valence-corrected chi connectivity index (χ3v) is 2.25. The van der Waals surface area contributed by atoms with Crippen LogP contribution in [-0.4, -0.2) is 10.7 Å². The van der Waals surface area contributed by atoms with Crippen molar-refractivity contribution in [2.24, 2.45) is 0 Å². The van der Waals surface area contributed by atoms with Crippen molar-refractivity contribution >= 4 is 0 Å². The summed E-state index contributed by atoms with van der Waals surface area (Å²) in [6.45, 7) is 2.09. The summed E-state index contributed by atoms with van der Waals surface area (Å²) >= 11 is 0. The molecule has 1 aliphatic rings. The Morgan fingerprint density at radius 1 is 1.82 bits per heavy atom. The summed E-state index contributed by atoms with van der Waals surface area (Å²) in [5.41, 5.74) is 0.764. The zero-order valence-electron chi connectivity index (χ0n) is 6.93. The Kier molecular flexibility index (Phi) is 2.36. The van der Waals surface area contributed by atoms with Crippen molar-refractivity contribution < 1.29 is 5.11 Å². The fraction of sp³-hybridized carbons (Fsp3) is 0.600. The van der Waals surface area contributed by atoms with E-state index in [4.69, 9.17) is 6.42 Å². The van der Waals surface area contributed by atoms with E-state index in [-0.39, 0.29) is 0 Å². The lowest BCUT2D eigenvalue weighted by molar-refractivity contribution is 0.0351. The van der Waals surface area contributed by atoms with Crippen molar-refractivity contribution in [1.82, 2.24) is 0 Å². The molecule has 0 aromatic carbocycles. The van der Waals surface area contributed by atoms with E-state index in [1.54, 1.807) is 0 Å². The molecule has 0 bridgehead atoms.